The molecule has 0 saturated heterocycles. The zero-order valence-corrected chi connectivity index (χ0v) is 33.2. The van der Waals surface area contributed by atoms with E-state index < -0.39 is 8.07 Å². The molecular weight excluding hydrogens is 811 g/mol. The van der Waals surface area contributed by atoms with E-state index in [0.717, 1.165) is 73.1 Å². The van der Waals surface area contributed by atoms with Crippen LogP contribution in [0.3, 0.4) is 0 Å². The van der Waals surface area contributed by atoms with Crippen LogP contribution < -0.4 is 5.19 Å². The Morgan fingerprint density at radius 1 is 0.900 bits per heavy atom. The summed E-state index contributed by atoms with van der Waals surface area (Å²) in [5.74, 6) is 1.47. The first-order chi connectivity index (χ1) is 23.5. The first-order valence-electron chi connectivity index (χ1n) is 16.9. The van der Waals surface area contributed by atoms with Crippen LogP contribution in [-0.4, -0.2) is 32.6 Å². The summed E-state index contributed by atoms with van der Waals surface area (Å²) in [4.78, 5) is 18.7. The summed E-state index contributed by atoms with van der Waals surface area (Å²) >= 11 is 0. The van der Waals surface area contributed by atoms with E-state index in [1.807, 2.05) is 56.4 Å². The molecule has 0 fully saturated rings. The molecule has 0 bridgehead atoms. The number of furan rings is 1. The van der Waals surface area contributed by atoms with Gasteiger partial charge in [-0.1, -0.05) is 75.1 Å². The number of imidazole rings is 1. The Labute approximate surface area is 308 Å². The van der Waals surface area contributed by atoms with Gasteiger partial charge in [0, 0.05) is 56.0 Å². The van der Waals surface area contributed by atoms with E-state index in [0.29, 0.717) is 11.6 Å². The fourth-order valence-electron chi connectivity index (χ4n) is 6.53. The Kier molecular flexibility index (Phi) is 9.91. The van der Waals surface area contributed by atoms with Crippen LogP contribution in [0.5, 0.6) is 0 Å². The standard InChI is InChI=1S/C23H15N4O.C19H26NSi.Ir/c1-13-8-9-14-10-11-18-20(19(14)25-13)27(2)22(26-18)17-6-3-5-15-16-7-4-12-24-23(16)28-21(15)17;1-14(2)11-17-12-18(16-9-7-15(3)8-10-16)20-13-19(17)21(4,5)6;/h3-5,7-12H,1-2H3;7-9,12-14H,11H2,1-6H3;/q2*-1;. The number of nitrogens with zero attached hydrogens (tertiary/aromatic N) is 5. The number of aryl methyl sites for hydroxylation is 3. The summed E-state index contributed by atoms with van der Waals surface area (Å²) in [5.41, 5.74) is 10.9. The molecule has 8 heteroatoms. The summed E-state index contributed by atoms with van der Waals surface area (Å²) in [6.07, 6.45) is 4.98. The number of hydrogen-bond acceptors (Lipinski definition) is 5. The number of aromatic nitrogens is 5. The molecule has 6 nitrogen and oxygen atoms in total. The Morgan fingerprint density at radius 3 is 2.44 bits per heavy atom. The van der Waals surface area contributed by atoms with Crippen LogP contribution in [0.25, 0.3) is 66.7 Å². The van der Waals surface area contributed by atoms with Gasteiger partial charge < -0.3 is 14.0 Å². The van der Waals surface area contributed by atoms with Crippen LogP contribution in [0.15, 0.2) is 89.6 Å². The second-order valence-corrected chi connectivity index (χ2v) is 19.4. The average Bonchev–Trinajstić information content (AvgIpc) is 3.62. The van der Waals surface area contributed by atoms with Crippen LogP contribution in [0.4, 0.5) is 0 Å². The summed E-state index contributed by atoms with van der Waals surface area (Å²) in [5, 5.41) is 4.60. The van der Waals surface area contributed by atoms with E-state index in [2.05, 4.69) is 98.6 Å². The number of pyridine rings is 3. The van der Waals surface area contributed by atoms with E-state index in [-0.39, 0.29) is 20.1 Å². The Morgan fingerprint density at radius 2 is 1.70 bits per heavy atom. The fourth-order valence-corrected chi connectivity index (χ4v) is 8.12. The Bertz CT molecular complexity index is 2470. The molecule has 3 aromatic carbocycles. The summed E-state index contributed by atoms with van der Waals surface area (Å²) in [6.45, 7) is 15.8. The van der Waals surface area contributed by atoms with Crippen LogP contribution >= 0.6 is 0 Å². The van der Waals surface area contributed by atoms with Crippen molar-refractivity contribution in [3.05, 3.63) is 114 Å². The van der Waals surface area contributed by atoms with Crippen molar-refractivity contribution in [3.63, 3.8) is 0 Å². The van der Waals surface area contributed by atoms with Gasteiger partial charge in [0.05, 0.1) is 36.0 Å². The van der Waals surface area contributed by atoms with Crippen molar-refractivity contribution < 1.29 is 24.5 Å². The quantitative estimate of drug-likeness (QED) is 0.128. The van der Waals surface area contributed by atoms with Gasteiger partial charge >= 0.3 is 0 Å². The number of hydrogen-bond donors (Lipinski definition) is 0. The summed E-state index contributed by atoms with van der Waals surface area (Å²) in [7, 11) is 0.665. The number of rotatable bonds is 5. The molecular formula is C42H41IrN5OSi-2. The molecule has 5 heterocycles. The zero-order valence-electron chi connectivity index (χ0n) is 29.8. The van der Waals surface area contributed by atoms with Gasteiger partial charge in [0.1, 0.15) is 0 Å². The van der Waals surface area contributed by atoms with Crippen molar-refractivity contribution in [2.75, 3.05) is 0 Å². The molecule has 255 valence electrons. The maximum absolute atomic E-state index is 6.08. The zero-order chi connectivity index (χ0) is 34.4. The molecule has 0 aliphatic heterocycles. The molecule has 0 unspecified atom stereocenters. The van der Waals surface area contributed by atoms with Gasteiger partial charge in [0.2, 0.25) is 5.71 Å². The monoisotopic (exact) mass is 852 g/mol. The molecule has 0 N–H and O–H groups in total. The van der Waals surface area contributed by atoms with Crippen molar-refractivity contribution >= 4 is 57.3 Å². The van der Waals surface area contributed by atoms with Gasteiger partial charge in [-0.3, -0.25) is 9.97 Å². The predicted molar refractivity (Wildman–Crippen MR) is 205 cm³/mol. The van der Waals surface area contributed by atoms with E-state index in [9.17, 15) is 0 Å². The average molecular weight is 852 g/mol. The predicted octanol–water partition coefficient (Wildman–Crippen LogP) is 9.79. The third-order valence-electron chi connectivity index (χ3n) is 8.94. The smallest absolute Gasteiger partial charge is 0.216 e. The van der Waals surface area contributed by atoms with Crippen molar-refractivity contribution in [2.45, 2.75) is 53.8 Å². The van der Waals surface area contributed by atoms with Gasteiger partial charge in [0.15, 0.2) is 0 Å². The minimum Gasteiger partial charge on any atom is -0.486 e. The first-order valence-corrected chi connectivity index (χ1v) is 20.4. The van der Waals surface area contributed by atoms with Crippen LogP contribution in [-0.2, 0) is 33.6 Å². The number of fused-ring (bicyclic) bond motifs is 6. The molecule has 0 amide bonds. The number of benzene rings is 3. The molecule has 8 rings (SSSR count). The third-order valence-corrected chi connectivity index (χ3v) is 11.0. The van der Waals surface area contributed by atoms with Gasteiger partial charge in [-0.25, -0.2) is 4.98 Å². The maximum atomic E-state index is 6.08. The molecule has 1 radical (unpaired) electrons. The van der Waals surface area contributed by atoms with Crippen molar-refractivity contribution in [1.82, 2.24) is 24.5 Å². The van der Waals surface area contributed by atoms with Crippen LogP contribution in [0, 0.1) is 31.9 Å². The summed E-state index contributed by atoms with van der Waals surface area (Å²) in [6, 6.07) is 31.3. The van der Waals surface area contributed by atoms with E-state index in [1.165, 1.54) is 16.3 Å². The Balaban J connectivity index is 0.000000177. The van der Waals surface area contributed by atoms with Crippen molar-refractivity contribution in [2.24, 2.45) is 13.0 Å². The van der Waals surface area contributed by atoms with E-state index in [1.54, 1.807) is 6.20 Å². The first kappa shape index (κ1) is 35.3. The van der Waals surface area contributed by atoms with Gasteiger partial charge in [-0.05, 0) is 54.4 Å². The SMILES string of the molecule is Cc1c[c-]c(-c2cc(CC(C)C)c([Si](C)(C)C)cn2)cc1.Cc1ccc2ccc3nc(-c4[c-]ccc5c4oc4ncccc45)n(C)c3c2n1.[Ir]. The molecule has 8 aromatic rings. The minimum absolute atomic E-state index is 0. The van der Waals surface area contributed by atoms with E-state index >= 15 is 0 Å². The topological polar surface area (TPSA) is 69.6 Å². The van der Waals surface area contributed by atoms with Gasteiger partial charge in [-0.15, -0.1) is 53.6 Å². The molecule has 0 spiro atoms. The van der Waals surface area contributed by atoms with Gasteiger partial charge in [-0.2, -0.15) is 0 Å². The second-order valence-electron chi connectivity index (χ2n) is 14.4. The Hall–Kier alpha value is -4.49. The summed E-state index contributed by atoms with van der Waals surface area (Å²) < 4.78 is 8.16. The second kappa shape index (κ2) is 14.0. The molecule has 0 saturated carbocycles. The van der Waals surface area contributed by atoms with Crippen molar-refractivity contribution in [1.29, 1.82) is 0 Å². The molecule has 5 aromatic heterocycles. The van der Waals surface area contributed by atoms with Crippen LogP contribution in [0.2, 0.25) is 19.6 Å². The fraction of sp³-hybridized carbons (Fsp3) is 0.238. The van der Waals surface area contributed by atoms with E-state index in [4.69, 9.17) is 19.4 Å². The normalized spacial score (nSPS) is 11.7. The molecule has 0 atom stereocenters. The molecule has 0 aliphatic rings. The van der Waals surface area contributed by atoms with Crippen molar-refractivity contribution in [3.8, 4) is 22.6 Å². The largest absolute Gasteiger partial charge is 0.486 e. The molecule has 0 aliphatic carbocycles. The maximum Gasteiger partial charge on any atom is 0.216 e. The van der Waals surface area contributed by atoms with Gasteiger partial charge in [0.25, 0.3) is 0 Å². The van der Waals surface area contributed by atoms with Crippen LogP contribution in [0.1, 0.15) is 30.7 Å². The third kappa shape index (κ3) is 6.80. The molecule has 50 heavy (non-hydrogen) atoms. The minimum atomic E-state index is -1.35.